The minimum Gasteiger partial charge on any atom is -0.497 e. The number of ether oxygens (including phenoxy) is 1. The van der Waals surface area contributed by atoms with Crippen molar-refractivity contribution >= 4 is 22.9 Å². The fourth-order valence-electron chi connectivity index (χ4n) is 1.81. The Morgan fingerprint density at radius 2 is 2.00 bits per heavy atom. The number of nitrogens with one attached hydrogen (secondary N) is 1. The Hall–Kier alpha value is -2.60. The quantitative estimate of drug-likeness (QED) is 0.521. The number of hydrogen-bond donors (Lipinski definition) is 1. The number of nitrogens with zero attached hydrogens (tertiary/aromatic N) is 2. The molecule has 1 amide bonds. The second-order valence-corrected chi connectivity index (χ2v) is 5.30. The molecule has 1 N–H and O–H groups in total. The lowest BCUT2D eigenvalue weighted by Crippen LogP contribution is -2.20. The van der Waals surface area contributed by atoms with Gasteiger partial charge in [0.1, 0.15) is 10.8 Å². The molecule has 0 aliphatic carbocycles. The van der Waals surface area contributed by atoms with Crippen molar-refractivity contribution in [3.63, 3.8) is 0 Å². The average molecular weight is 327 g/mol. The zero-order valence-corrected chi connectivity index (χ0v) is 13.5. The number of aliphatic imine (C=N–C) groups is 1. The van der Waals surface area contributed by atoms with Gasteiger partial charge in [-0.1, -0.05) is 18.7 Å². The standard InChI is InChI=1S/C17H17N3O2S/c1-3-19-17(14-8-10-18-11-9-14)23-20-16(21)12-13-4-6-15(22-2)7-5-13/h3-11H,1,12H2,2H3,(H,20,21). The summed E-state index contributed by atoms with van der Waals surface area (Å²) in [5.74, 6) is 0.660. The SMILES string of the molecule is C=CN=C(SNC(=O)Cc1ccc(OC)cc1)c1ccncc1. The van der Waals surface area contributed by atoms with Gasteiger partial charge in [-0.3, -0.25) is 14.5 Å². The Labute approximate surface area is 139 Å². The third kappa shape index (κ3) is 5.27. The topological polar surface area (TPSA) is 63.6 Å². The first kappa shape index (κ1) is 16.8. The van der Waals surface area contributed by atoms with Crippen molar-refractivity contribution in [2.45, 2.75) is 6.42 Å². The fraction of sp³-hybridized carbons (Fsp3) is 0.118. The summed E-state index contributed by atoms with van der Waals surface area (Å²) < 4.78 is 7.88. The van der Waals surface area contributed by atoms with Crippen molar-refractivity contribution in [1.29, 1.82) is 0 Å². The number of hydrogen-bond acceptors (Lipinski definition) is 5. The molecule has 0 saturated heterocycles. The monoisotopic (exact) mass is 327 g/mol. The largest absolute Gasteiger partial charge is 0.497 e. The van der Waals surface area contributed by atoms with E-state index < -0.39 is 0 Å². The summed E-state index contributed by atoms with van der Waals surface area (Å²) in [7, 11) is 1.61. The van der Waals surface area contributed by atoms with Gasteiger partial charge in [0.2, 0.25) is 5.91 Å². The molecule has 0 bridgehead atoms. The van der Waals surface area contributed by atoms with Crippen LogP contribution in [0.5, 0.6) is 5.75 Å². The van der Waals surface area contributed by atoms with Crippen LogP contribution in [0.25, 0.3) is 0 Å². The Morgan fingerprint density at radius 3 is 2.61 bits per heavy atom. The van der Waals surface area contributed by atoms with Gasteiger partial charge in [-0.2, -0.15) is 0 Å². The molecule has 0 fully saturated rings. The van der Waals surface area contributed by atoms with Crippen molar-refractivity contribution < 1.29 is 9.53 Å². The molecule has 0 aliphatic heterocycles. The summed E-state index contributed by atoms with van der Waals surface area (Å²) in [5.41, 5.74) is 1.78. The Balaban J connectivity index is 1.93. The van der Waals surface area contributed by atoms with E-state index in [1.807, 2.05) is 36.4 Å². The second kappa shape index (κ2) is 8.75. The second-order valence-electron chi connectivity index (χ2n) is 4.50. The zero-order chi connectivity index (χ0) is 16.5. The van der Waals surface area contributed by atoms with Gasteiger partial charge in [0.05, 0.1) is 13.5 Å². The molecule has 0 unspecified atom stereocenters. The summed E-state index contributed by atoms with van der Waals surface area (Å²) in [5, 5.41) is 0.658. The molecule has 2 aromatic rings. The summed E-state index contributed by atoms with van der Waals surface area (Å²) >= 11 is 1.16. The molecule has 0 atom stereocenters. The number of rotatable bonds is 5. The van der Waals surface area contributed by atoms with E-state index in [1.165, 1.54) is 6.20 Å². The molecule has 6 heteroatoms. The Morgan fingerprint density at radius 1 is 1.30 bits per heavy atom. The smallest absolute Gasteiger partial charge is 0.234 e. The van der Waals surface area contributed by atoms with E-state index in [4.69, 9.17) is 4.74 Å². The zero-order valence-electron chi connectivity index (χ0n) is 12.7. The highest BCUT2D eigenvalue weighted by molar-refractivity contribution is 8.13. The highest BCUT2D eigenvalue weighted by Crippen LogP contribution is 2.13. The molecule has 118 valence electrons. The molecule has 0 radical (unpaired) electrons. The molecule has 0 aliphatic rings. The molecule has 0 spiro atoms. The molecule has 2 rings (SSSR count). The van der Waals surface area contributed by atoms with Crippen LogP contribution in [-0.4, -0.2) is 23.0 Å². The van der Waals surface area contributed by atoms with Crippen LogP contribution >= 0.6 is 11.9 Å². The van der Waals surface area contributed by atoms with E-state index in [-0.39, 0.29) is 12.3 Å². The van der Waals surface area contributed by atoms with E-state index in [2.05, 4.69) is 21.3 Å². The number of methoxy groups -OCH3 is 1. The molecule has 23 heavy (non-hydrogen) atoms. The molecular formula is C17H17N3O2S. The van der Waals surface area contributed by atoms with Crippen molar-refractivity contribution in [3.8, 4) is 5.75 Å². The van der Waals surface area contributed by atoms with Crippen molar-refractivity contribution in [2.24, 2.45) is 4.99 Å². The minimum atomic E-state index is -0.106. The van der Waals surface area contributed by atoms with E-state index >= 15 is 0 Å². The number of aromatic nitrogens is 1. The van der Waals surface area contributed by atoms with Gasteiger partial charge in [0.15, 0.2) is 0 Å². The van der Waals surface area contributed by atoms with Crippen LogP contribution in [0, 0.1) is 0 Å². The predicted octanol–water partition coefficient (Wildman–Crippen LogP) is 2.99. The highest BCUT2D eigenvalue weighted by Gasteiger charge is 2.08. The lowest BCUT2D eigenvalue weighted by Gasteiger charge is -2.07. The van der Waals surface area contributed by atoms with Gasteiger partial charge < -0.3 is 4.74 Å². The third-order valence-electron chi connectivity index (χ3n) is 2.92. The Bertz CT molecular complexity index is 685. The number of pyridine rings is 1. The molecule has 0 saturated carbocycles. The minimum absolute atomic E-state index is 0.106. The summed E-state index contributed by atoms with van der Waals surface area (Å²) in [6, 6.07) is 11.0. The van der Waals surface area contributed by atoms with Crippen LogP contribution in [0.1, 0.15) is 11.1 Å². The van der Waals surface area contributed by atoms with Crippen LogP contribution in [0.15, 0.2) is 66.6 Å². The lowest BCUT2D eigenvalue weighted by atomic mass is 10.1. The van der Waals surface area contributed by atoms with E-state index in [0.717, 1.165) is 28.8 Å². The number of carbonyl (C=O) groups is 1. The van der Waals surface area contributed by atoms with E-state index in [1.54, 1.807) is 19.5 Å². The first-order valence-corrected chi connectivity index (χ1v) is 7.72. The maximum Gasteiger partial charge on any atom is 0.234 e. The van der Waals surface area contributed by atoms with Gasteiger partial charge in [0.25, 0.3) is 0 Å². The molecule has 1 aromatic heterocycles. The van der Waals surface area contributed by atoms with Crippen LogP contribution < -0.4 is 9.46 Å². The number of benzene rings is 1. The maximum absolute atomic E-state index is 12.1. The van der Waals surface area contributed by atoms with Crippen LogP contribution in [0.3, 0.4) is 0 Å². The lowest BCUT2D eigenvalue weighted by molar-refractivity contribution is -0.118. The highest BCUT2D eigenvalue weighted by atomic mass is 32.2. The van der Waals surface area contributed by atoms with Gasteiger partial charge in [0, 0.05) is 36.1 Å². The van der Waals surface area contributed by atoms with Crippen LogP contribution in [-0.2, 0) is 11.2 Å². The maximum atomic E-state index is 12.1. The summed E-state index contributed by atoms with van der Waals surface area (Å²) in [6.07, 6.45) is 5.08. The van der Waals surface area contributed by atoms with Crippen LogP contribution in [0.4, 0.5) is 0 Å². The Kier molecular flexibility index (Phi) is 6.38. The molecule has 1 aromatic carbocycles. The van der Waals surface area contributed by atoms with Gasteiger partial charge in [-0.15, -0.1) is 0 Å². The molecular weight excluding hydrogens is 310 g/mol. The average Bonchev–Trinajstić information content (AvgIpc) is 2.60. The van der Waals surface area contributed by atoms with E-state index in [9.17, 15) is 4.79 Å². The first-order chi connectivity index (χ1) is 11.2. The summed E-state index contributed by atoms with van der Waals surface area (Å²) in [6.45, 7) is 3.60. The normalized spacial score (nSPS) is 10.9. The van der Waals surface area contributed by atoms with E-state index in [0.29, 0.717) is 5.04 Å². The predicted molar refractivity (Wildman–Crippen MR) is 93.4 cm³/mol. The molecule has 5 nitrogen and oxygen atoms in total. The first-order valence-electron chi connectivity index (χ1n) is 6.90. The van der Waals surface area contributed by atoms with Crippen LogP contribution in [0.2, 0.25) is 0 Å². The number of amides is 1. The van der Waals surface area contributed by atoms with Gasteiger partial charge in [-0.05, 0) is 29.8 Å². The van der Waals surface area contributed by atoms with Crippen molar-refractivity contribution in [1.82, 2.24) is 9.71 Å². The van der Waals surface area contributed by atoms with Crippen molar-refractivity contribution in [3.05, 3.63) is 72.7 Å². The van der Waals surface area contributed by atoms with Gasteiger partial charge >= 0.3 is 0 Å². The van der Waals surface area contributed by atoms with Gasteiger partial charge in [-0.25, -0.2) is 4.99 Å². The van der Waals surface area contributed by atoms with Crippen molar-refractivity contribution in [2.75, 3.05) is 7.11 Å². The molecule has 1 heterocycles. The summed E-state index contributed by atoms with van der Waals surface area (Å²) in [4.78, 5) is 20.2. The fourth-order valence-corrected chi connectivity index (χ4v) is 2.47. The number of carbonyl (C=O) groups excluding carboxylic acids is 1. The third-order valence-corrected chi connectivity index (χ3v) is 3.79.